The van der Waals surface area contributed by atoms with E-state index < -0.39 is 11.7 Å². The standard InChI is InChI=1S/C22H34O5/c1-13(23)27-19-6-5-16-15-11-18(25)22(26-4)12-14(24)7-10-21(22,3)17(15)8-9-20(16,19)2/h14-17,19,24H,5-12H2,1-4H3/t14-,15-,16?,17?,19-,20-,21+,22-/m0/s1. The van der Waals surface area contributed by atoms with Gasteiger partial charge in [-0.1, -0.05) is 13.8 Å². The van der Waals surface area contributed by atoms with E-state index in [4.69, 9.17) is 9.47 Å². The number of carbonyl (C=O) groups is 2. The first-order valence-electron chi connectivity index (χ1n) is 10.6. The van der Waals surface area contributed by atoms with Crippen molar-refractivity contribution in [1.82, 2.24) is 0 Å². The highest BCUT2D eigenvalue weighted by atomic mass is 16.5. The number of methoxy groups -OCH3 is 1. The molecule has 4 aliphatic carbocycles. The van der Waals surface area contributed by atoms with Gasteiger partial charge < -0.3 is 14.6 Å². The predicted molar refractivity (Wildman–Crippen MR) is 99.9 cm³/mol. The number of aliphatic hydroxyl groups excluding tert-OH is 1. The van der Waals surface area contributed by atoms with Gasteiger partial charge in [-0.25, -0.2) is 0 Å². The minimum Gasteiger partial charge on any atom is -0.462 e. The summed E-state index contributed by atoms with van der Waals surface area (Å²) in [5.74, 6) is 1.16. The highest BCUT2D eigenvalue weighted by Gasteiger charge is 2.68. The first-order chi connectivity index (χ1) is 12.7. The van der Waals surface area contributed by atoms with E-state index in [1.807, 2.05) is 0 Å². The van der Waals surface area contributed by atoms with Gasteiger partial charge in [-0.3, -0.25) is 9.59 Å². The van der Waals surface area contributed by atoms with E-state index in [1.54, 1.807) is 7.11 Å². The normalized spacial score (nSPS) is 51.9. The molecular weight excluding hydrogens is 344 g/mol. The first-order valence-corrected chi connectivity index (χ1v) is 10.6. The number of hydrogen-bond acceptors (Lipinski definition) is 5. The first kappa shape index (κ1) is 19.4. The zero-order valence-corrected chi connectivity index (χ0v) is 17.1. The number of esters is 1. The molecule has 4 rings (SSSR count). The molecule has 0 spiro atoms. The van der Waals surface area contributed by atoms with Gasteiger partial charge in [0.25, 0.3) is 0 Å². The maximum absolute atomic E-state index is 13.4. The van der Waals surface area contributed by atoms with Gasteiger partial charge in [-0.2, -0.15) is 0 Å². The summed E-state index contributed by atoms with van der Waals surface area (Å²) >= 11 is 0. The van der Waals surface area contributed by atoms with Crippen LogP contribution in [0.4, 0.5) is 0 Å². The lowest BCUT2D eigenvalue weighted by Gasteiger charge is -2.63. The third-order valence-corrected chi connectivity index (χ3v) is 9.14. The molecule has 0 heterocycles. The number of hydrogen-bond donors (Lipinski definition) is 1. The lowest BCUT2D eigenvalue weighted by molar-refractivity contribution is -0.224. The minimum absolute atomic E-state index is 0.0221. The molecular formula is C22H34O5. The van der Waals surface area contributed by atoms with Crippen LogP contribution in [0, 0.1) is 28.6 Å². The van der Waals surface area contributed by atoms with Crippen molar-refractivity contribution in [2.24, 2.45) is 28.6 Å². The molecule has 0 radical (unpaired) electrons. The Morgan fingerprint density at radius 1 is 1.11 bits per heavy atom. The summed E-state index contributed by atoms with van der Waals surface area (Å²) in [7, 11) is 1.65. The number of rotatable bonds is 2. The Balaban J connectivity index is 1.68. The lowest BCUT2D eigenvalue weighted by atomic mass is 9.43. The van der Waals surface area contributed by atoms with Crippen molar-refractivity contribution in [3.63, 3.8) is 0 Å². The van der Waals surface area contributed by atoms with E-state index in [2.05, 4.69) is 13.8 Å². The van der Waals surface area contributed by atoms with Gasteiger partial charge in [0, 0.05) is 37.7 Å². The van der Waals surface area contributed by atoms with Crippen LogP contribution in [-0.2, 0) is 19.1 Å². The van der Waals surface area contributed by atoms with E-state index in [0.717, 1.165) is 38.5 Å². The van der Waals surface area contributed by atoms with Crippen LogP contribution in [0.3, 0.4) is 0 Å². The molecule has 4 saturated carbocycles. The molecule has 8 atom stereocenters. The van der Waals surface area contributed by atoms with Crippen LogP contribution in [0.15, 0.2) is 0 Å². The highest BCUT2D eigenvalue weighted by Crippen LogP contribution is 2.67. The summed E-state index contributed by atoms with van der Waals surface area (Å²) in [5.41, 5.74) is -1.08. The second kappa shape index (κ2) is 6.28. The van der Waals surface area contributed by atoms with Gasteiger partial charge in [0.15, 0.2) is 5.78 Å². The van der Waals surface area contributed by atoms with Crippen molar-refractivity contribution in [2.75, 3.05) is 7.11 Å². The molecule has 0 aromatic heterocycles. The van der Waals surface area contributed by atoms with Crippen molar-refractivity contribution >= 4 is 11.8 Å². The molecule has 4 fully saturated rings. The van der Waals surface area contributed by atoms with Gasteiger partial charge in [-0.15, -0.1) is 0 Å². The van der Waals surface area contributed by atoms with Crippen molar-refractivity contribution in [3.05, 3.63) is 0 Å². The van der Waals surface area contributed by atoms with E-state index in [9.17, 15) is 14.7 Å². The summed E-state index contributed by atoms with van der Waals surface area (Å²) in [6.07, 6.45) is 6.09. The molecule has 5 heteroatoms. The van der Waals surface area contributed by atoms with E-state index in [0.29, 0.717) is 30.6 Å². The smallest absolute Gasteiger partial charge is 0.302 e. The molecule has 0 aromatic rings. The predicted octanol–water partition coefficient (Wildman–Crippen LogP) is 3.27. The maximum Gasteiger partial charge on any atom is 0.302 e. The summed E-state index contributed by atoms with van der Waals surface area (Å²) < 4.78 is 11.6. The Morgan fingerprint density at radius 2 is 1.85 bits per heavy atom. The number of ether oxygens (including phenoxy) is 2. The molecule has 5 nitrogen and oxygen atoms in total. The third-order valence-electron chi connectivity index (χ3n) is 9.14. The highest BCUT2D eigenvalue weighted by molar-refractivity contribution is 5.90. The zero-order chi connectivity index (χ0) is 19.6. The average molecular weight is 379 g/mol. The van der Waals surface area contributed by atoms with Crippen molar-refractivity contribution in [1.29, 1.82) is 0 Å². The fraction of sp³-hybridized carbons (Fsp3) is 0.909. The van der Waals surface area contributed by atoms with Gasteiger partial charge in [-0.05, 0) is 56.3 Å². The van der Waals surface area contributed by atoms with E-state index in [1.165, 1.54) is 6.92 Å². The molecule has 2 unspecified atom stereocenters. The Kier molecular flexibility index (Phi) is 4.51. The summed E-state index contributed by atoms with van der Waals surface area (Å²) in [6, 6.07) is 0. The molecule has 4 aliphatic rings. The second-order valence-corrected chi connectivity index (χ2v) is 10.1. The van der Waals surface area contributed by atoms with Crippen LogP contribution in [0.25, 0.3) is 0 Å². The van der Waals surface area contributed by atoms with E-state index >= 15 is 0 Å². The maximum atomic E-state index is 13.4. The SMILES string of the molecule is CO[C@]12C[C@@H](O)CC[C@]1(C)C1CC[C@@]3(C)C(CC[C@@H]3OC(C)=O)[C@@H]1CC2=O. The number of Topliss-reactive ketones (excluding diaryl/α,β-unsaturated/α-hetero) is 1. The molecule has 1 N–H and O–H groups in total. The minimum atomic E-state index is -0.840. The third kappa shape index (κ3) is 2.50. The van der Waals surface area contributed by atoms with Crippen molar-refractivity contribution in [2.45, 2.75) is 89.9 Å². The molecule has 27 heavy (non-hydrogen) atoms. The Labute approximate surface area is 162 Å². The number of fused-ring (bicyclic) bond motifs is 5. The average Bonchev–Trinajstić information content (AvgIpc) is 2.93. The fourth-order valence-electron chi connectivity index (χ4n) is 7.77. The Bertz CT molecular complexity index is 647. The summed E-state index contributed by atoms with van der Waals surface area (Å²) in [5, 5.41) is 10.3. The zero-order valence-electron chi connectivity index (χ0n) is 17.1. The monoisotopic (exact) mass is 378 g/mol. The van der Waals surface area contributed by atoms with Crippen molar-refractivity contribution < 1.29 is 24.2 Å². The van der Waals surface area contributed by atoms with Crippen LogP contribution in [0.1, 0.15) is 72.1 Å². The number of aliphatic hydroxyl groups is 1. The van der Waals surface area contributed by atoms with Gasteiger partial charge in [0.1, 0.15) is 11.7 Å². The van der Waals surface area contributed by atoms with Crippen LogP contribution in [0.5, 0.6) is 0 Å². The van der Waals surface area contributed by atoms with Gasteiger partial charge in [0.2, 0.25) is 0 Å². The van der Waals surface area contributed by atoms with Crippen LogP contribution < -0.4 is 0 Å². The molecule has 152 valence electrons. The Morgan fingerprint density at radius 3 is 2.52 bits per heavy atom. The second-order valence-electron chi connectivity index (χ2n) is 10.1. The summed E-state index contributed by atoms with van der Waals surface area (Å²) in [6.45, 7) is 6.00. The number of ketones is 1. The molecule has 0 bridgehead atoms. The molecule has 0 amide bonds. The fourth-order valence-corrected chi connectivity index (χ4v) is 7.77. The van der Waals surface area contributed by atoms with E-state index in [-0.39, 0.29) is 28.7 Å². The molecule has 0 aromatic carbocycles. The molecule has 0 saturated heterocycles. The lowest BCUT2D eigenvalue weighted by Crippen LogP contribution is -2.68. The van der Waals surface area contributed by atoms with Crippen molar-refractivity contribution in [3.8, 4) is 0 Å². The van der Waals surface area contributed by atoms with Gasteiger partial charge in [0.05, 0.1) is 6.10 Å². The van der Waals surface area contributed by atoms with Crippen LogP contribution in [-0.4, -0.2) is 41.8 Å². The quantitative estimate of drug-likeness (QED) is 0.747. The molecule has 0 aliphatic heterocycles. The van der Waals surface area contributed by atoms with Gasteiger partial charge >= 0.3 is 5.97 Å². The van der Waals surface area contributed by atoms with Crippen LogP contribution in [0.2, 0.25) is 0 Å². The number of carbonyl (C=O) groups excluding carboxylic acids is 2. The largest absolute Gasteiger partial charge is 0.462 e. The Hall–Kier alpha value is -0.940. The topological polar surface area (TPSA) is 72.8 Å². The van der Waals surface area contributed by atoms with Crippen LogP contribution >= 0.6 is 0 Å². The summed E-state index contributed by atoms with van der Waals surface area (Å²) in [4.78, 5) is 25.0.